The van der Waals surface area contributed by atoms with Gasteiger partial charge in [-0.1, -0.05) is 11.6 Å². The quantitative estimate of drug-likeness (QED) is 0.839. The number of benzene rings is 1. The third-order valence-electron chi connectivity index (χ3n) is 3.81. The molecular formula is C14H17ClN2O5S. The van der Waals surface area contributed by atoms with Crippen molar-refractivity contribution >= 4 is 33.5 Å². The Morgan fingerprint density at radius 2 is 2.09 bits per heavy atom. The molecule has 1 saturated heterocycles. The predicted molar refractivity (Wildman–Crippen MR) is 84.0 cm³/mol. The Bertz CT molecular complexity index is 735. The normalized spacial score (nSPS) is 18.7. The van der Waals surface area contributed by atoms with Crippen molar-refractivity contribution in [2.24, 2.45) is 5.92 Å². The fourth-order valence-electron chi connectivity index (χ4n) is 2.49. The second kappa shape index (κ2) is 6.86. The van der Waals surface area contributed by atoms with E-state index in [1.165, 1.54) is 30.1 Å². The van der Waals surface area contributed by atoms with Crippen LogP contribution in [-0.4, -0.2) is 50.4 Å². The van der Waals surface area contributed by atoms with E-state index >= 15 is 0 Å². The van der Waals surface area contributed by atoms with Gasteiger partial charge < -0.3 is 10.0 Å². The van der Waals surface area contributed by atoms with Gasteiger partial charge in [-0.3, -0.25) is 9.59 Å². The number of carboxylic acids is 1. The van der Waals surface area contributed by atoms with Gasteiger partial charge in [0, 0.05) is 13.1 Å². The number of sulfonamides is 1. The molecule has 7 nitrogen and oxygen atoms in total. The summed E-state index contributed by atoms with van der Waals surface area (Å²) in [5, 5.41) is 9.22. The average Bonchev–Trinajstić information content (AvgIpc) is 2.54. The number of hydrogen-bond acceptors (Lipinski definition) is 4. The molecule has 1 aliphatic rings. The molecule has 1 heterocycles. The fraction of sp³-hybridized carbons (Fsp3) is 0.429. The summed E-state index contributed by atoms with van der Waals surface area (Å²) in [5.41, 5.74) is 0.0500. The maximum absolute atomic E-state index is 12.6. The Morgan fingerprint density at radius 3 is 2.70 bits per heavy atom. The minimum atomic E-state index is -3.70. The zero-order valence-electron chi connectivity index (χ0n) is 12.5. The topological polar surface area (TPSA) is 104 Å². The molecule has 1 aromatic carbocycles. The first-order chi connectivity index (χ1) is 10.8. The van der Waals surface area contributed by atoms with Crippen LogP contribution in [0, 0.1) is 5.92 Å². The number of carboxylic acid groups (broad SMARTS) is 1. The van der Waals surface area contributed by atoms with Crippen molar-refractivity contribution in [2.45, 2.75) is 17.7 Å². The zero-order chi connectivity index (χ0) is 17.2. The van der Waals surface area contributed by atoms with Crippen molar-refractivity contribution < 1.29 is 23.1 Å². The van der Waals surface area contributed by atoms with Crippen LogP contribution in [0.4, 0.5) is 0 Å². The summed E-state index contributed by atoms with van der Waals surface area (Å²) < 4.78 is 25.9. The summed E-state index contributed by atoms with van der Waals surface area (Å²) in [6.07, 6.45) is 1.09. The van der Waals surface area contributed by atoms with E-state index in [2.05, 4.69) is 4.72 Å². The number of halogens is 1. The lowest BCUT2D eigenvalue weighted by Gasteiger charge is -2.31. The lowest BCUT2D eigenvalue weighted by Crippen LogP contribution is -2.42. The average molecular weight is 361 g/mol. The van der Waals surface area contributed by atoms with Gasteiger partial charge in [0.1, 0.15) is 0 Å². The van der Waals surface area contributed by atoms with E-state index in [1.807, 2.05) is 0 Å². The van der Waals surface area contributed by atoms with Crippen LogP contribution in [-0.2, 0) is 14.8 Å². The second-order valence-corrected chi connectivity index (χ2v) is 7.57. The molecule has 0 spiro atoms. The summed E-state index contributed by atoms with van der Waals surface area (Å²) in [6, 6.07) is 3.86. The molecule has 2 N–H and O–H groups in total. The van der Waals surface area contributed by atoms with Crippen LogP contribution >= 0.6 is 11.6 Å². The van der Waals surface area contributed by atoms with Gasteiger partial charge in [0.2, 0.25) is 10.0 Å². The smallest absolute Gasteiger partial charge is 0.308 e. The monoisotopic (exact) mass is 360 g/mol. The van der Waals surface area contributed by atoms with Crippen LogP contribution in [0.5, 0.6) is 0 Å². The molecule has 2 rings (SSSR count). The van der Waals surface area contributed by atoms with Crippen molar-refractivity contribution in [3.05, 3.63) is 28.8 Å². The molecule has 1 amide bonds. The SMILES string of the molecule is CNS(=O)(=O)c1ccc(Cl)c(C(=O)N2CCC[C@H](C(=O)O)C2)c1. The molecule has 0 aromatic heterocycles. The Morgan fingerprint density at radius 1 is 1.39 bits per heavy atom. The minimum absolute atomic E-state index is 0.0500. The van der Waals surface area contributed by atoms with E-state index < -0.39 is 27.8 Å². The van der Waals surface area contributed by atoms with Gasteiger partial charge in [0.05, 0.1) is 21.4 Å². The number of piperidine rings is 1. The molecular weight excluding hydrogens is 344 g/mol. The lowest BCUT2D eigenvalue weighted by atomic mass is 9.97. The highest BCUT2D eigenvalue weighted by atomic mass is 35.5. The summed E-state index contributed by atoms with van der Waals surface area (Å²) >= 11 is 6.02. The number of likely N-dealkylation sites (tertiary alicyclic amines) is 1. The molecule has 0 bridgehead atoms. The highest BCUT2D eigenvalue weighted by Gasteiger charge is 2.30. The van der Waals surface area contributed by atoms with Gasteiger partial charge in [0.15, 0.2) is 0 Å². The fourth-order valence-corrected chi connectivity index (χ4v) is 3.44. The van der Waals surface area contributed by atoms with Gasteiger partial charge in [-0.15, -0.1) is 0 Å². The first kappa shape index (κ1) is 17.7. The van der Waals surface area contributed by atoms with Gasteiger partial charge in [0.25, 0.3) is 5.91 Å². The van der Waals surface area contributed by atoms with Crippen LogP contribution in [0.25, 0.3) is 0 Å². The molecule has 0 radical (unpaired) electrons. The maximum atomic E-state index is 12.6. The standard InChI is InChI=1S/C14H17ClN2O5S/c1-16-23(21,22)10-4-5-12(15)11(7-10)13(18)17-6-2-3-9(8-17)14(19)20/h4-5,7,9,16H,2-3,6,8H2,1H3,(H,19,20)/t9-/m0/s1. The van der Waals surface area contributed by atoms with Crippen molar-refractivity contribution in [2.75, 3.05) is 20.1 Å². The molecule has 1 aliphatic heterocycles. The molecule has 0 unspecified atom stereocenters. The number of amides is 1. The van der Waals surface area contributed by atoms with Crippen molar-refractivity contribution in [1.29, 1.82) is 0 Å². The number of rotatable bonds is 4. The van der Waals surface area contributed by atoms with Gasteiger partial charge in [-0.25, -0.2) is 13.1 Å². The van der Waals surface area contributed by atoms with Crippen molar-refractivity contribution in [1.82, 2.24) is 9.62 Å². The molecule has 0 saturated carbocycles. The summed E-state index contributed by atoms with van der Waals surface area (Å²) in [5.74, 6) is -2.02. The van der Waals surface area contributed by atoms with Crippen LogP contribution in [0.15, 0.2) is 23.1 Å². The highest BCUT2D eigenvalue weighted by molar-refractivity contribution is 7.89. The Kier molecular flexibility index (Phi) is 5.28. The number of nitrogens with one attached hydrogen (secondary N) is 1. The highest BCUT2D eigenvalue weighted by Crippen LogP contribution is 2.25. The number of carbonyl (C=O) groups excluding carboxylic acids is 1. The van der Waals surface area contributed by atoms with E-state index in [0.717, 1.165) is 0 Å². The van der Waals surface area contributed by atoms with Crippen molar-refractivity contribution in [3.8, 4) is 0 Å². The predicted octanol–water partition coefficient (Wildman–Crippen LogP) is 1.18. The van der Waals surface area contributed by atoms with Gasteiger partial charge in [-0.05, 0) is 38.1 Å². The molecule has 1 atom stereocenters. The first-order valence-corrected chi connectivity index (χ1v) is 8.87. The third kappa shape index (κ3) is 3.82. The third-order valence-corrected chi connectivity index (χ3v) is 5.55. The summed E-state index contributed by atoms with van der Waals surface area (Å²) in [6.45, 7) is 0.509. The molecule has 9 heteroatoms. The van der Waals surface area contributed by atoms with E-state index in [1.54, 1.807) is 0 Å². The van der Waals surface area contributed by atoms with Crippen LogP contribution < -0.4 is 4.72 Å². The number of aliphatic carboxylic acids is 1. The zero-order valence-corrected chi connectivity index (χ0v) is 14.0. The Balaban J connectivity index is 2.32. The number of hydrogen-bond donors (Lipinski definition) is 2. The Hall–Kier alpha value is -1.64. The number of nitrogens with zero attached hydrogens (tertiary/aromatic N) is 1. The van der Waals surface area contributed by atoms with Crippen LogP contribution in [0.1, 0.15) is 23.2 Å². The second-order valence-electron chi connectivity index (χ2n) is 5.28. The van der Waals surface area contributed by atoms with Crippen LogP contribution in [0.3, 0.4) is 0 Å². The molecule has 1 fully saturated rings. The van der Waals surface area contributed by atoms with Crippen LogP contribution in [0.2, 0.25) is 5.02 Å². The minimum Gasteiger partial charge on any atom is -0.481 e. The van der Waals surface area contributed by atoms with E-state index in [0.29, 0.717) is 19.4 Å². The molecule has 0 aliphatic carbocycles. The van der Waals surface area contributed by atoms with Gasteiger partial charge >= 0.3 is 5.97 Å². The number of carbonyl (C=O) groups is 2. The summed E-state index contributed by atoms with van der Waals surface area (Å²) in [7, 11) is -2.43. The van der Waals surface area contributed by atoms with E-state index in [4.69, 9.17) is 16.7 Å². The van der Waals surface area contributed by atoms with Gasteiger partial charge in [-0.2, -0.15) is 0 Å². The summed E-state index contributed by atoms with van der Waals surface area (Å²) in [4.78, 5) is 25.0. The van der Waals surface area contributed by atoms with E-state index in [9.17, 15) is 18.0 Å². The van der Waals surface area contributed by atoms with E-state index in [-0.39, 0.29) is 22.0 Å². The first-order valence-electron chi connectivity index (χ1n) is 7.01. The maximum Gasteiger partial charge on any atom is 0.308 e. The molecule has 23 heavy (non-hydrogen) atoms. The molecule has 1 aromatic rings. The molecule has 126 valence electrons. The largest absolute Gasteiger partial charge is 0.481 e. The Labute approximate surface area is 139 Å². The lowest BCUT2D eigenvalue weighted by molar-refractivity contribution is -0.143. The van der Waals surface area contributed by atoms with Crippen molar-refractivity contribution in [3.63, 3.8) is 0 Å².